The Balaban J connectivity index is 1.42. The zero-order valence-corrected chi connectivity index (χ0v) is 15.7. The number of amides is 1. The third-order valence-electron chi connectivity index (χ3n) is 3.69. The van der Waals surface area contributed by atoms with E-state index in [1.807, 2.05) is 23.6 Å². The summed E-state index contributed by atoms with van der Waals surface area (Å²) in [5.74, 6) is 1.46. The number of carbonyl (C=O) groups excluding carboxylic acids is 1. The molecule has 0 fully saturated rings. The zero-order chi connectivity index (χ0) is 18.1. The number of benzene rings is 1. The molecule has 0 unspecified atom stereocenters. The van der Waals surface area contributed by atoms with Crippen molar-refractivity contribution in [1.82, 2.24) is 9.97 Å². The molecular weight excluding hydrogens is 372 g/mol. The van der Waals surface area contributed by atoms with Crippen molar-refractivity contribution in [1.29, 1.82) is 0 Å². The molecule has 1 aromatic carbocycles. The maximum atomic E-state index is 12.3. The second-order valence-corrected chi connectivity index (χ2v) is 7.63. The van der Waals surface area contributed by atoms with Crippen molar-refractivity contribution < 1.29 is 14.3 Å². The molecule has 0 aliphatic carbocycles. The maximum Gasteiger partial charge on any atom is 0.276 e. The Morgan fingerprint density at radius 3 is 2.73 bits per heavy atom. The number of hydrogen-bond donors (Lipinski definition) is 2. The molecule has 0 radical (unpaired) electrons. The van der Waals surface area contributed by atoms with E-state index in [2.05, 4.69) is 34.4 Å². The lowest BCUT2D eigenvalue weighted by atomic mass is 10.2. The van der Waals surface area contributed by atoms with Gasteiger partial charge in [0.05, 0.1) is 5.69 Å². The average Bonchev–Trinajstić information content (AvgIpc) is 3.34. The average molecular weight is 388 g/mol. The van der Waals surface area contributed by atoms with Crippen LogP contribution in [0.5, 0.6) is 11.5 Å². The van der Waals surface area contributed by atoms with E-state index in [1.165, 1.54) is 22.7 Å². The van der Waals surface area contributed by atoms with Crippen LogP contribution in [0, 0.1) is 0 Å². The van der Waals surface area contributed by atoms with Gasteiger partial charge in [-0.1, -0.05) is 13.8 Å². The van der Waals surface area contributed by atoms with Crippen molar-refractivity contribution >= 4 is 44.5 Å². The van der Waals surface area contributed by atoms with Gasteiger partial charge < -0.3 is 14.8 Å². The lowest BCUT2D eigenvalue weighted by Gasteiger charge is -2.03. The second-order valence-electron chi connectivity index (χ2n) is 5.92. The minimum Gasteiger partial charge on any atom is -0.454 e. The van der Waals surface area contributed by atoms with Crippen LogP contribution in [-0.4, -0.2) is 22.7 Å². The van der Waals surface area contributed by atoms with Gasteiger partial charge in [0.15, 0.2) is 21.8 Å². The van der Waals surface area contributed by atoms with Crippen LogP contribution in [0.4, 0.5) is 16.0 Å². The first-order chi connectivity index (χ1) is 12.6. The molecule has 134 valence electrons. The molecule has 2 N–H and O–H groups in total. The lowest BCUT2D eigenvalue weighted by Crippen LogP contribution is -2.12. The fraction of sp³-hybridized carbons (Fsp3) is 0.235. The number of carbonyl (C=O) groups is 1. The van der Waals surface area contributed by atoms with Gasteiger partial charge in [-0.15, -0.1) is 22.7 Å². The standard InChI is InChI=1S/C17H16N4O3S2/c1-9(2)11-6-25-17(19-11)21-15(22)12-7-26-16(20-12)18-10-3-4-13-14(5-10)24-8-23-13/h3-7,9H,8H2,1-2H3,(H,18,20)(H,19,21,22). The number of aromatic nitrogens is 2. The van der Waals surface area contributed by atoms with Gasteiger partial charge in [-0.3, -0.25) is 10.1 Å². The Hall–Kier alpha value is -2.65. The van der Waals surface area contributed by atoms with Gasteiger partial charge in [0.25, 0.3) is 5.91 Å². The largest absolute Gasteiger partial charge is 0.454 e. The zero-order valence-electron chi connectivity index (χ0n) is 14.1. The van der Waals surface area contributed by atoms with Gasteiger partial charge in [-0.05, 0) is 18.1 Å². The minimum absolute atomic E-state index is 0.232. The number of hydrogen-bond acceptors (Lipinski definition) is 8. The summed E-state index contributed by atoms with van der Waals surface area (Å²) in [4.78, 5) is 21.1. The van der Waals surface area contributed by atoms with E-state index in [9.17, 15) is 4.79 Å². The predicted molar refractivity (Wildman–Crippen MR) is 102 cm³/mol. The van der Waals surface area contributed by atoms with E-state index in [0.717, 1.165) is 17.1 Å². The highest BCUT2D eigenvalue weighted by atomic mass is 32.1. The number of thiazole rings is 2. The SMILES string of the molecule is CC(C)c1csc(NC(=O)c2csc(Nc3ccc4c(c3)OCO4)n2)n1. The van der Waals surface area contributed by atoms with Crippen molar-refractivity contribution in [3.63, 3.8) is 0 Å². The number of anilines is 3. The minimum atomic E-state index is -0.273. The summed E-state index contributed by atoms with van der Waals surface area (Å²) in [5, 5.41) is 10.8. The molecule has 9 heteroatoms. The number of ether oxygens (including phenoxy) is 2. The second kappa shape index (κ2) is 6.93. The predicted octanol–water partition coefficient (Wildman–Crippen LogP) is 4.45. The Kier molecular flexibility index (Phi) is 4.48. The molecule has 7 nitrogen and oxygen atoms in total. The molecule has 0 saturated heterocycles. The van der Waals surface area contributed by atoms with Crippen molar-refractivity contribution in [2.75, 3.05) is 17.4 Å². The summed E-state index contributed by atoms with van der Waals surface area (Å²) in [7, 11) is 0. The number of rotatable bonds is 5. The highest BCUT2D eigenvalue weighted by molar-refractivity contribution is 7.14. The van der Waals surface area contributed by atoms with Crippen molar-refractivity contribution in [3.8, 4) is 11.5 Å². The fourth-order valence-electron chi connectivity index (χ4n) is 2.30. The number of nitrogens with one attached hydrogen (secondary N) is 2. The summed E-state index contributed by atoms with van der Waals surface area (Å²) < 4.78 is 10.6. The topological polar surface area (TPSA) is 85.4 Å². The molecule has 3 aromatic rings. The molecule has 0 bridgehead atoms. The molecule has 2 aromatic heterocycles. The fourth-order valence-corrected chi connectivity index (χ4v) is 3.88. The molecule has 0 spiro atoms. The molecule has 3 heterocycles. The third-order valence-corrected chi connectivity index (χ3v) is 5.23. The van der Waals surface area contributed by atoms with Crippen molar-refractivity contribution in [2.45, 2.75) is 19.8 Å². The van der Waals surface area contributed by atoms with Gasteiger partial charge in [-0.2, -0.15) is 0 Å². The van der Waals surface area contributed by atoms with E-state index < -0.39 is 0 Å². The maximum absolute atomic E-state index is 12.3. The van der Waals surface area contributed by atoms with E-state index in [4.69, 9.17) is 9.47 Å². The van der Waals surface area contributed by atoms with Gasteiger partial charge in [0.1, 0.15) is 5.69 Å². The summed E-state index contributed by atoms with van der Waals surface area (Å²) in [6.07, 6.45) is 0. The van der Waals surface area contributed by atoms with Crippen molar-refractivity contribution in [2.24, 2.45) is 0 Å². The molecule has 1 amide bonds. The summed E-state index contributed by atoms with van der Waals surface area (Å²) in [6, 6.07) is 5.55. The smallest absolute Gasteiger partial charge is 0.276 e. The Morgan fingerprint density at radius 1 is 1.12 bits per heavy atom. The van der Waals surface area contributed by atoms with Crippen LogP contribution >= 0.6 is 22.7 Å². The molecule has 26 heavy (non-hydrogen) atoms. The van der Waals surface area contributed by atoms with E-state index >= 15 is 0 Å². The van der Waals surface area contributed by atoms with Gasteiger partial charge in [0, 0.05) is 22.5 Å². The lowest BCUT2D eigenvalue weighted by molar-refractivity contribution is 0.102. The van der Waals surface area contributed by atoms with Crippen molar-refractivity contribution in [3.05, 3.63) is 40.3 Å². The molecule has 1 aliphatic heterocycles. The summed E-state index contributed by atoms with van der Waals surface area (Å²) >= 11 is 2.77. The summed E-state index contributed by atoms with van der Waals surface area (Å²) in [6.45, 7) is 4.36. The van der Waals surface area contributed by atoms with Crippen LogP contribution in [0.3, 0.4) is 0 Å². The molecular formula is C17H16N4O3S2. The molecule has 0 saturated carbocycles. The highest BCUT2D eigenvalue weighted by Gasteiger charge is 2.16. The number of fused-ring (bicyclic) bond motifs is 1. The normalized spacial score (nSPS) is 12.4. The van der Waals surface area contributed by atoms with Gasteiger partial charge in [0.2, 0.25) is 6.79 Å². The molecule has 4 rings (SSSR count). The monoisotopic (exact) mass is 388 g/mol. The van der Waals surface area contributed by atoms with E-state index in [0.29, 0.717) is 27.6 Å². The Bertz CT molecular complexity index is 951. The van der Waals surface area contributed by atoms with E-state index in [1.54, 1.807) is 5.38 Å². The van der Waals surface area contributed by atoms with Crippen LogP contribution in [-0.2, 0) is 0 Å². The first-order valence-electron chi connectivity index (χ1n) is 7.97. The quantitative estimate of drug-likeness (QED) is 0.672. The van der Waals surface area contributed by atoms with Crippen LogP contribution in [0.1, 0.15) is 35.9 Å². The first-order valence-corrected chi connectivity index (χ1v) is 9.73. The Labute approximate surface area is 158 Å². The molecule has 0 atom stereocenters. The van der Waals surface area contributed by atoms with Crippen LogP contribution in [0.15, 0.2) is 29.0 Å². The molecule has 1 aliphatic rings. The number of nitrogens with zero attached hydrogens (tertiary/aromatic N) is 2. The van der Waals surface area contributed by atoms with E-state index in [-0.39, 0.29) is 12.7 Å². The highest BCUT2D eigenvalue weighted by Crippen LogP contribution is 2.35. The van der Waals surface area contributed by atoms with Gasteiger partial charge in [-0.25, -0.2) is 9.97 Å². The van der Waals surface area contributed by atoms with Crippen LogP contribution < -0.4 is 20.1 Å². The first kappa shape index (κ1) is 16.8. The summed E-state index contributed by atoms with van der Waals surface area (Å²) in [5.41, 5.74) is 2.13. The Morgan fingerprint density at radius 2 is 1.92 bits per heavy atom. The van der Waals surface area contributed by atoms with Crippen LogP contribution in [0.2, 0.25) is 0 Å². The van der Waals surface area contributed by atoms with Crippen LogP contribution in [0.25, 0.3) is 0 Å². The third kappa shape index (κ3) is 3.49. The van der Waals surface area contributed by atoms with Gasteiger partial charge >= 0.3 is 0 Å².